The molecule has 0 unspecified atom stereocenters. The zero-order valence-corrected chi connectivity index (χ0v) is 61.4. The Labute approximate surface area is 576 Å². The smallest absolute Gasteiger partial charge is 0.295 e. The van der Waals surface area contributed by atoms with Gasteiger partial charge in [-0.25, -0.2) is 0 Å². The Morgan fingerprint density at radius 3 is 0.750 bits per heavy atom. The van der Waals surface area contributed by atoms with Crippen molar-refractivity contribution in [3.8, 4) is 0 Å². The van der Waals surface area contributed by atoms with E-state index < -0.39 is 46.9 Å². The van der Waals surface area contributed by atoms with Gasteiger partial charge in [0.1, 0.15) is 0 Å². The van der Waals surface area contributed by atoms with E-state index in [0.29, 0.717) is 0 Å². The molecule has 0 amide bonds. The lowest BCUT2D eigenvalue weighted by Gasteiger charge is -2.03. The van der Waals surface area contributed by atoms with Crippen molar-refractivity contribution in [2.45, 2.75) is 163 Å². The monoisotopic (exact) mass is 1400 g/mol. The minimum atomic E-state index is -4.78. The number of halogens is 7. The van der Waals surface area contributed by atoms with Crippen LogP contribution in [-0.4, -0.2) is 75.9 Å². The molecule has 10 rings (SSSR count). The van der Waals surface area contributed by atoms with E-state index >= 15 is 0 Å². The third-order valence-electron chi connectivity index (χ3n) is 10.2. The van der Waals surface area contributed by atoms with E-state index in [0.717, 1.165) is 49.9 Å². The zero-order valence-electron chi connectivity index (χ0n) is 58.9. The number of fused-ring (bicyclic) bond motifs is 2. The molecular weight excluding hydrogens is 1300 g/mol. The lowest BCUT2D eigenvalue weighted by molar-refractivity contribution is -0.0885. The highest BCUT2D eigenvalue weighted by atomic mass is 32.1. The average Bonchev–Trinajstić information content (AvgIpc) is 1.60. The van der Waals surface area contributed by atoms with Gasteiger partial charge in [0.25, 0.3) is 11.6 Å². The highest BCUT2D eigenvalue weighted by molar-refractivity contribution is 7.13. The van der Waals surface area contributed by atoms with Crippen LogP contribution in [-0.2, 0) is 0 Å². The summed E-state index contributed by atoms with van der Waals surface area (Å²) in [5, 5.41) is 5.25. The van der Waals surface area contributed by atoms with Gasteiger partial charge in [-0.05, 0) is 69.0 Å². The Balaban J connectivity index is -0.000000235. The third kappa shape index (κ3) is 36.9. The Kier molecular flexibility index (Phi) is 59.3. The number of hydrogen-bond acceptors (Lipinski definition) is 13. The zero-order chi connectivity index (χ0) is 75.8. The SMILES string of the molecule is CC.CC.CC.CC.CC.CC.CC.CC.CC(=O)c1ccccc1.CC(=O)c1ccccc1.CC(=O)c1ccccc1.CC(=O)c1cccs1.CC(=O)c1cccs1.O=C(c1ccccc1)C(F)(F)F.O=C1c2ccccc2C(=O)C1(F)F.O=C1c2ccsc2C(=O)C1(F)F. The van der Waals surface area contributed by atoms with Gasteiger partial charge in [-0.15, -0.1) is 34.0 Å². The average molecular weight is 1400 g/mol. The lowest BCUT2D eigenvalue weighted by Crippen LogP contribution is -2.30. The number of ketones is 10. The second-order valence-corrected chi connectivity index (χ2v) is 19.0. The molecule has 0 N–H and O–H groups in total. The summed E-state index contributed by atoms with van der Waals surface area (Å²) in [7, 11) is 0. The summed E-state index contributed by atoms with van der Waals surface area (Å²) in [6, 6.07) is 48.3. The number of thiophene rings is 3. The summed E-state index contributed by atoms with van der Waals surface area (Å²) in [4.78, 5) is 109. The maximum absolute atomic E-state index is 12.8. The summed E-state index contributed by atoms with van der Waals surface area (Å²) in [5.41, 5.74) is 1.49. The number of carbonyl (C=O) groups excluding carboxylic acids is 10. The molecule has 0 saturated carbocycles. The molecule has 10 nitrogen and oxygen atoms in total. The first-order valence-electron chi connectivity index (χ1n) is 31.2. The van der Waals surface area contributed by atoms with Crippen LogP contribution in [0.4, 0.5) is 30.7 Å². The number of benzene rings is 5. The molecular formula is C76H95F7O10S3. The quantitative estimate of drug-likeness (QED) is 0.0886. The minimum absolute atomic E-state index is 0.120. The van der Waals surface area contributed by atoms with Gasteiger partial charge in [0.05, 0.1) is 14.6 Å². The second-order valence-electron chi connectivity index (χ2n) is 16.2. The van der Waals surface area contributed by atoms with Crippen LogP contribution in [0.25, 0.3) is 0 Å². The van der Waals surface area contributed by atoms with E-state index in [9.17, 15) is 78.7 Å². The molecule has 3 heterocycles. The van der Waals surface area contributed by atoms with Crippen LogP contribution in [0, 0.1) is 0 Å². The van der Waals surface area contributed by atoms with Crippen LogP contribution in [0.1, 0.15) is 247 Å². The molecule has 20 heteroatoms. The minimum Gasteiger partial charge on any atom is -0.295 e. The van der Waals surface area contributed by atoms with Gasteiger partial charge in [0, 0.05) is 38.9 Å². The summed E-state index contributed by atoms with van der Waals surface area (Å²) in [6.45, 7) is 39.8. The fraction of sp³-hybridized carbons (Fsp3) is 0.316. The third-order valence-corrected chi connectivity index (χ3v) is 13.1. The maximum Gasteiger partial charge on any atom is 0.454 e. The van der Waals surface area contributed by atoms with Crippen LogP contribution in [0.15, 0.2) is 192 Å². The summed E-state index contributed by atoms with van der Waals surface area (Å²) in [5.74, 6) is -14.3. The van der Waals surface area contributed by atoms with Crippen LogP contribution in [0.2, 0.25) is 0 Å². The lowest BCUT2D eigenvalue weighted by atomic mass is 10.1. The molecule has 0 atom stereocenters. The van der Waals surface area contributed by atoms with Crippen molar-refractivity contribution in [1.82, 2.24) is 0 Å². The van der Waals surface area contributed by atoms with E-state index in [1.54, 1.807) is 40.7 Å². The van der Waals surface area contributed by atoms with Crippen LogP contribution in [0.5, 0.6) is 0 Å². The molecule has 0 saturated heterocycles. The number of rotatable bonds is 6. The molecule has 526 valence electrons. The van der Waals surface area contributed by atoms with Crippen molar-refractivity contribution >= 4 is 91.8 Å². The predicted octanol–water partition coefficient (Wildman–Crippen LogP) is 23.7. The fourth-order valence-corrected chi connectivity index (χ4v) is 8.25. The van der Waals surface area contributed by atoms with E-state index in [1.807, 2.05) is 237 Å². The predicted molar refractivity (Wildman–Crippen MR) is 384 cm³/mol. The van der Waals surface area contributed by atoms with Crippen LogP contribution in [0.3, 0.4) is 0 Å². The number of Topliss-reactive ketones (excluding diaryl/α,β-unsaturated/α-hetero) is 10. The van der Waals surface area contributed by atoms with Crippen molar-refractivity contribution in [2.24, 2.45) is 0 Å². The van der Waals surface area contributed by atoms with Crippen LogP contribution >= 0.6 is 34.0 Å². The van der Waals surface area contributed by atoms with Gasteiger partial charge in [0.15, 0.2) is 28.9 Å². The summed E-state index contributed by atoms with van der Waals surface area (Å²) >= 11 is 3.84. The first kappa shape index (κ1) is 98.5. The largest absolute Gasteiger partial charge is 0.454 e. The number of hydrogen-bond donors (Lipinski definition) is 0. The summed E-state index contributed by atoms with van der Waals surface area (Å²) in [6.07, 6.45) is -4.78. The van der Waals surface area contributed by atoms with Crippen molar-refractivity contribution < 1.29 is 78.7 Å². The second kappa shape index (κ2) is 57.8. The Morgan fingerprint density at radius 2 is 0.542 bits per heavy atom. The maximum atomic E-state index is 12.8. The van der Waals surface area contributed by atoms with Crippen molar-refractivity contribution in [3.05, 3.63) is 246 Å². The van der Waals surface area contributed by atoms with Gasteiger partial charge < -0.3 is 0 Å². The Hall–Kier alpha value is -8.59. The van der Waals surface area contributed by atoms with E-state index in [4.69, 9.17) is 0 Å². The standard InChI is InChI=1S/C9H4F2O2.C8H5F3O.3C8H8O.C7H2F2O2S.2C6H6OS.8C2H6/c10-9(11)7(12)5-3-1-2-4-6(5)8(9)13;9-8(10,11)7(12)6-4-2-1-3-5-6;3*1-7(9)8-5-3-2-4-6-8;8-7(9)5(10)3-1-2-12-4(3)6(7)11;2*1-5(7)6-3-2-4-8-6;8*1-2/h1-4H;1-5H;3*2-6H,1H3;1-2H;2*2-4H,1H3;8*1-2H3. The van der Waals surface area contributed by atoms with E-state index in [1.165, 1.54) is 70.5 Å². The first-order valence-corrected chi connectivity index (χ1v) is 33.8. The molecule has 2 aliphatic rings. The molecule has 0 bridgehead atoms. The molecule has 2 aliphatic carbocycles. The fourth-order valence-electron chi connectivity index (χ4n) is 6.13. The highest BCUT2D eigenvalue weighted by Gasteiger charge is 2.56. The summed E-state index contributed by atoms with van der Waals surface area (Å²) < 4.78 is 86.3. The van der Waals surface area contributed by atoms with Gasteiger partial charge in [-0.1, -0.05) is 269 Å². The first-order chi connectivity index (χ1) is 45.6. The molecule has 0 aliphatic heterocycles. The highest BCUT2D eigenvalue weighted by Crippen LogP contribution is 2.37. The molecule has 3 aromatic heterocycles. The van der Waals surface area contributed by atoms with Gasteiger partial charge >= 0.3 is 18.0 Å². The van der Waals surface area contributed by atoms with Crippen molar-refractivity contribution in [1.29, 1.82) is 0 Å². The number of carbonyl (C=O) groups is 10. The molecule has 96 heavy (non-hydrogen) atoms. The van der Waals surface area contributed by atoms with E-state index in [2.05, 4.69) is 0 Å². The molecule has 0 fully saturated rings. The van der Waals surface area contributed by atoms with Crippen molar-refractivity contribution in [2.75, 3.05) is 0 Å². The molecule has 5 aromatic carbocycles. The Bertz CT molecular complexity index is 3150. The number of alkyl halides is 7. The van der Waals surface area contributed by atoms with Gasteiger partial charge in [-0.3, -0.25) is 47.9 Å². The molecule has 0 spiro atoms. The van der Waals surface area contributed by atoms with E-state index in [-0.39, 0.29) is 56.0 Å². The van der Waals surface area contributed by atoms with Crippen molar-refractivity contribution in [3.63, 3.8) is 0 Å². The normalized spacial score (nSPS) is 11.0. The topological polar surface area (TPSA) is 171 Å². The molecule has 8 aromatic rings. The molecule has 0 radical (unpaired) electrons. The Morgan fingerprint density at radius 1 is 0.292 bits per heavy atom. The van der Waals surface area contributed by atoms with Gasteiger partial charge in [-0.2, -0.15) is 30.7 Å². The van der Waals surface area contributed by atoms with Gasteiger partial charge in [0.2, 0.25) is 17.3 Å². The van der Waals surface area contributed by atoms with Crippen LogP contribution < -0.4 is 0 Å².